The highest BCUT2D eigenvalue weighted by Crippen LogP contribution is 2.39. The molecule has 0 bridgehead atoms. The van der Waals surface area contributed by atoms with Gasteiger partial charge in [-0.1, -0.05) is 6.42 Å². The summed E-state index contributed by atoms with van der Waals surface area (Å²) in [6.07, 6.45) is 4.83. The van der Waals surface area contributed by atoms with Gasteiger partial charge in [0.05, 0.1) is 12.0 Å². The van der Waals surface area contributed by atoms with Gasteiger partial charge in [0.25, 0.3) is 0 Å². The number of piperidine rings is 1. The summed E-state index contributed by atoms with van der Waals surface area (Å²) in [5, 5.41) is 9.33. The van der Waals surface area contributed by atoms with Crippen LogP contribution in [0.5, 0.6) is 0 Å². The number of likely N-dealkylation sites (tertiary alicyclic amines) is 1. The summed E-state index contributed by atoms with van der Waals surface area (Å²) in [5.74, 6) is 0.158. The SMILES string of the molecule is CN1CCC(N(CCO)C(=O)C2(C)CCCC2N)CC1. The van der Waals surface area contributed by atoms with Crippen molar-refractivity contribution < 1.29 is 9.90 Å². The van der Waals surface area contributed by atoms with E-state index in [9.17, 15) is 9.90 Å². The van der Waals surface area contributed by atoms with E-state index in [2.05, 4.69) is 11.9 Å². The predicted octanol–water partition coefficient (Wildman–Crippen LogP) is 0.419. The lowest BCUT2D eigenvalue weighted by molar-refractivity contribution is -0.145. The van der Waals surface area contributed by atoms with E-state index in [0.717, 1.165) is 45.2 Å². The Morgan fingerprint density at radius 1 is 1.40 bits per heavy atom. The van der Waals surface area contributed by atoms with Crippen LogP contribution in [-0.2, 0) is 4.79 Å². The Kier molecular flexibility index (Phi) is 5.04. The second kappa shape index (κ2) is 6.41. The highest BCUT2D eigenvalue weighted by molar-refractivity contribution is 5.84. The number of carbonyl (C=O) groups excluding carboxylic acids is 1. The summed E-state index contributed by atoms with van der Waals surface area (Å²) in [6, 6.07) is 0.220. The molecule has 0 radical (unpaired) electrons. The van der Waals surface area contributed by atoms with Gasteiger partial charge >= 0.3 is 0 Å². The highest BCUT2D eigenvalue weighted by Gasteiger charge is 2.46. The maximum Gasteiger partial charge on any atom is 0.230 e. The van der Waals surface area contributed by atoms with Crippen molar-refractivity contribution >= 4 is 5.91 Å². The molecule has 0 aromatic rings. The molecular weight excluding hydrogens is 254 g/mol. The number of nitrogens with two attached hydrogens (primary N) is 1. The van der Waals surface area contributed by atoms with Crippen LogP contribution < -0.4 is 5.73 Å². The minimum atomic E-state index is -0.432. The molecule has 1 aliphatic carbocycles. The summed E-state index contributed by atoms with van der Waals surface area (Å²) < 4.78 is 0. The average Bonchev–Trinajstić information content (AvgIpc) is 2.78. The normalized spacial score (nSPS) is 32.5. The number of aliphatic hydroxyl groups excluding tert-OH is 1. The summed E-state index contributed by atoms with van der Waals surface area (Å²) in [6.45, 7) is 4.51. The molecule has 2 unspecified atom stereocenters. The van der Waals surface area contributed by atoms with Gasteiger partial charge in [-0.3, -0.25) is 4.79 Å². The first-order valence-electron chi connectivity index (χ1n) is 7.85. The van der Waals surface area contributed by atoms with E-state index in [1.54, 1.807) is 0 Å². The maximum absolute atomic E-state index is 13.0. The van der Waals surface area contributed by atoms with Crippen LogP contribution in [0.15, 0.2) is 0 Å². The fraction of sp³-hybridized carbons (Fsp3) is 0.933. The van der Waals surface area contributed by atoms with E-state index in [1.165, 1.54) is 0 Å². The van der Waals surface area contributed by atoms with Gasteiger partial charge in [0.2, 0.25) is 5.91 Å². The highest BCUT2D eigenvalue weighted by atomic mass is 16.3. The topological polar surface area (TPSA) is 69.8 Å². The smallest absolute Gasteiger partial charge is 0.230 e. The molecule has 0 spiro atoms. The van der Waals surface area contributed by atoms with Crippen molar-refractivity contribution in [1.82, 2.24) is 9.80 Å². The molecule has 1 aliphatic heterocycles. The van der Waals surface area contributed by atoms with Crippen molar-refractivity contribution in [2.24, 2.45) is 11.1 Å². The molecule has 2 rings (SSSR count). The quantitative estimate of drug-likeness (QED) is 0.784. The fourth-order valence-corrected chi connectivity index (χ4v) is 3.65. The van der Waals surface area contributed by atoms with Crippen LogP contribution in [0, 0.1) is 5.41 Å². The molecule has 2 aliphatic rings. The Bertz CT molecular complexity index is 342. The van der Waals surface area contributed by atoms with Gasteiger partial charge in [0, 0.05) is 18.6 Å². The van der Waals surface area contributed by atoms with Crippen LogP contribution in [0.4, 0.5) is 0 Å². The molecule has 0 aromatic heterocycles. The Hall–Kier alpha value is -0.650. The lowest BCUT2D eigenvalue weighted by Crippen LogP contribution is -2.55. The van der Waals surface area contributed by atoms with Crippen molar-refractivity contribution in [1.29, 1.82) is 0 Å². The molecule has 2 fully saturated rings. The van der Waals surface area contributed by atoms with Crippen LogP contribution >= 0.6 is 0 Å². The third-order valence-corrected chi connectivity index (χ3v) is 5.25. The number of nitrogens with zero attached hydrogens (tertiary/aromatic N) is 2. The van der Waals surface area contributed by atoms with Gasteiger partial charge in [-0.15, -0.1) is 0 Å². The Labute approximate surface area is 122 Å². The van der Waals surface area contributed by atoms with Crippen LogP contribution in [0.1, 0.15) is 39.0 Å². The zero-order chi connectivity index (χ0) is 14.8. The van der Waals surface area contributed by atoms with Gasteiger partial charge in [-0.25, -0.2) is 0 Å². The molecule has 0 aromatic carbocycles. The number of hydrogen-bond acceptors (Lipinski definition) is 4. The predicted molar refractivity (Wildman–Crippen MR) is 79.3 cm³/mol. The largest absolute Gasteiger partial charge is 0.395 e. The minimum Gasteiger partial charge on any atom is -0.395 e. The first-order chi connectivity index (χ1) is 9.49. The maximum atomic E-state index is 13.0. The molecule has 20 heavy (non-hydrogen) atoms. The van der Waals surface area contributed by atoms with Gasteiger partial charge in [-0.2, -0.15) is 0 Å². The summed E-state index contributed by atoms with van der Waals surface area (Å²) in [7, 11) is 2.11. The Balaban J connectivity index is 2.09. The number of hydrogen-bond donors (Lipinski definition) is 2. The van der Waals surface area contributed by atoms with Crippen LogP contribution in [-0.4, -0.2) is 66.2 Å². The molecule has 5 heteroatoms. The molecule has 3 N–H and O–H groups in total. The van der Waals surface area contributed by atoms with Crippen LogP contribution in [0.3, 0.4) is 0 Å². The molecule has 5 nitrogen and oxygen atoms in total. The second-order valence-electron chi connectivity index (χ2n) is 6.67. The van der Waals surface area contributed by atoms with Crippen molar-refractivity contribution in [3.63, 3.8) is 0 Å². The zero-order valence-corrected chi connectivity index (χ0v) is 12.8. The van der Waals surface area contributed by atoms with E-state index >= 15 is 0 Å². The molecule has 1 saturated carbocycles. The number of carbonyl (C=O) groups is 1. The molecule has 1 saturated heterocycles. The van der Waals surface area contributed by atoms with E-state index in [1.807, 2.05) is 11.8 Å². The van der Waals surface area contributed by atoms with E-state index in [0.29, 0.717) is 6.54 Å². The van der Waals surface area contributed by atoms with Gasteiger partial charge in [0.1, 0.15) is 0 Å². The van der Waals surface area contributed by atoms with E-state index in [4.69, 9.17) is 5.73 Å². The van der Waals surface area contributed by atoms with Crippen LogP contribution in [0.25, 0.3) is 0 Å². The first-order valence-corrected chi connectivity index (χ1v) is 7.85. The third kappa shape index (κ3) is 3.00. The van der Waals surface area contributed by atoms with Gasteiger partial charge < -0.3 is 20.6 Å². The summed E-state index contributed by atoms with van der Waals surface area (Å²) in [4.78, 5) is 17.2. The molecular formula is C15H29N3O2. The Morgan fingerprint density at radius 2 is 2.05 bits per heavy atom. The van der Waals surface area contributed by atoms with Crippen LogP contribution in [0.2, 0.25) is 0 Å². The van der Waals surface area contributed by atoms with Gasteiger partial charge in [0.15, 0.2) is 0 Å². The lowest BCUT2D eigenvalue weighted by atomic mass is 9.82. The average molecular weight is 283 g/mol. The second-order valence-corrected chi connectivity index (χ2v) is 6.67. The zero-order valence-electron chi connectivity index (χ0n) is 12.8. The summed E-state index contributed by atoms with van der Waals surface area (Å²) in [5.41, 5.74) is 5.75. The molecule has 116 valence electrons. The molecule has 1 amide bonds. The number of amides is 1. The monoisotopic (exact) mass is 283 g/mol. The van der Waals surface area contributed by atoms with Crippen molar-refractivity contribution in [2.45, 2.75) is 51.1 Å². The first kappa shape index (κ1) is 15.7. The number of aliphatic hydroxyl groups is 1. The van der Waals surface area contributed by atoms with E-state index in [-0.39, 0.29) is 24.6 Å². The Morgan fingerprint density at radius 3 is 2.55 bits per heavy atom. The van der Waals surface area contributed by atoms with Gasteiger partial charge in [-0.05, 0) is 52.7 Å². The third-order valence-electron chi connectivity index (χ3n) is 5.25. The van der Waals surface area contributed by atoms with Crippen molar-refractivity contribution in [2.75, 3.05) is 33.3 Å². The molecule has 1 heterocycles. The lowest BCUT2D eigenvalue weighted by Gasteiger charge is -2.41. The van der Waals surface area contributed by atoms with Crippen molar-refractivity contribution in [3.05, 3.63) is 0 Å². The number of rotatable bonds is 4. The fourth-order valence-electron chi connectivity index (χ4n) is 3.65. The standard InChI is InChI=1S/C15H29N3O2/c1-15(7-3-4-13(15)16)14(20)18(10-11-19)12-5-8-17(2)9-6-12/h12-13,19H,3-11,16H2,1-2H3. The summed E-state index contributed by atoms with van der Waals surface area (Å²) >= 11 is 0. The molecule has 2 atom stereocenters. The van der Waals surface area contributed by atoms with E-state index < -0.39 is 5.41 Å². The van der Waals surface area contributed by atoms with Crippen molar-refractivity contribution in [3.8, 4) is 0 Å². The minimum absolute atomic E-state index is 0.0311.